The van der Waals surface area contributed by atoms with Crippen molar-refractivity contribution in [1.29, 1.82) is 0 Å². The Labute approximate surface area is 347 Å². The van der Waals surface area contributed by atoms with Gasteiger partial charge in [0.1, 0.15) is 0 Å². The molecule has 0 atom stereocenters. The first-order chi connectivity index (χ1) is 28.0. The summed E-state index contributed by atoms with van der Waals surface area (Å²) in [5.74, 6) is 0. The van der Waals surface area contributed by atoms with E-state index in [-0.39, 0.29) is 0 Å². The van der Waals surface area contributed by atoms with E-state index in [9.17, 15) is 0 Å². The molecule has 8 aromatic carbocycles. The first-order valence-corrected chi connectivity index (χ1v) is 27.8. The lowest BCUT2D eigenvalue weighted by Crippen LogP contribution is -2.39. The summed E-state index contributed by atoms with van der Waals surface area (Å²) in [5.41, 5.74) is 17.6. The number of fused-ring (bicyclic) bond motifs is 6. The summed E-state index contributed by atoms with van der Waals surface area (Å²) in [5, 5.41) is 2.98. The molecule has 0 saturated heterocycles. The quantitative estimate of drug-likeness (QED) is 0.141. The molecule has 0 radical (unpaired) electrons. The van der Waals surface area contributed by atoms with Crippen LogP contribution in [0.5, 0.6) is 0 Å². The first kappa shape index (κ1) is 36.5. The summed E-state index contributed by atoms with van der Waals surface area (Å²) in [6, 6.07) is 74.4. The van der Waals surface area contributed by atoms with Gasteiger partial charge in [-0.15, -0.1) is 0 Å². The molecule has 2 aliphatic rings. The standard InChI is InChI=1S/C56H50Si2/c1-57(2,3)45-29-33-49-47-31-27-39(35-51(47)55(53(49)37-45,41-19-11-7-12-20-41)42-21-13-8-14-22-42)40-28-32-48-50-34-30-46(58(4,5)6)38-54(50)56(52(48)36-40,43-23-15-9-16-24-43)44-25-17-10-18-26-44/h7-38H,1-6H3. The van der Waals surface area contributed by atoms with Crippen LogP contribution in [0.4, 0.5) is 0 Å². The molecule has 8 aromatic rings. The van der Waals surface area contributed by atoms with Crippen molar-refractivity contribution in [3.63, 3.8) is 0 Å². The van der Waals surface area contributed by atoms with E-state index in [1.165, 1.54) is 88.3 Å². The van der Waals surface area contributed by atoms with E-state index >= 15 is 0 Å². The number of rotatable bonds is 7. The molecule has 0 aliphatic heterocycles. The minimum atomic E-state index is -1.63. The van der Waals surface area contributed by atoms with Gasteiger partial charge < -0.3 is 0 Å². The summed E-state index contributed by atoms with van der Waals surface area (Å²) >= 11 is 0. The predicted molar refractivity (Wildman–Crippen MR) is 252 cm³/mol. The zero-order valence-corrected chi connectivity index (χ0v) is 36.5. The molecule has 10 rings (SSSR count). The highest BCUT2D eigenvalue weighted by molar-refractivity contribution is 6.89. The third kappa shape index (κ3) is 5.38. The van der Waals surface area contributed by atoms with Crippen molar-refractivity contribution < 1.29 is 0 Å². The molecule has 2 heteroatoms. The third-order valence-corrected chi connectivity index (χ3v) is 17.3. The normalized spacial score (nSPS) is 14.7. The Balaban J connectivity index is 1.25. The summed E-state index contributed by atoms with van der Waals surface area (Å²) < 4.78 is 0. The van der Waals surface area contributed by atoms with Crippen molar-refractivity contribution in [1.82, 2.24) is 0 Å². The van der Waals surface area contributed by atoms with Gasteiger partial charge in [-0.25, -0.2) is 0 Å². The maximum absolute atomic E-state index is 2.57. The molecule has 0 N–H and O–H groups in total. The second kappa shape index (κ2) is 13.4. The zero-order chi connectivity index (χ0) is 39.9. The predicted octanol–water partition coefficient (Wildman–Crippen LogP) is 13.2. The van der Waals surface area contributed by atoms with Crippen LogP contribution in [0.3, 0.4) is 0 Å². The van der Waals surface area contributed by atoms with Crippen molar-refractivity contribution in [2.75, 3.05) is 0 Å². The van der Waals surface area contributed by atoms with Crippen LogP contribution in [-0.4, -0.2) is 16.1 Å². The van der Waals surface area contributed by atoms with E-state index in [1.807, 2.05) is 0 Å². The Morgan fingerprint density at radius 2 is 0.534 bits per heavy atom. The van der Waals surface area contributed by atoms with E-state index in [2.05, 4.69) is 233 Å². The highest BCUT2D eigenvalue weighted by Crippen LogP contribution is 2.59. The topological polar surface area (TPSA) is 0 Å². The number of hydrogen-bond donors (Lipinski definition) is 0. The van der Waals surface area contributed by atoms with E-state index < -0.39 is 27.0 Å². The molecular weight excluding hydrogens is 729 g/mol. The van der Waals surface area contributed by atoms with Crippen molar-refractivity contribution in [2.24, 2.45) is 0 Å². The minimum absolute atomic E-state index is 0.461. The van der Waals surface area contributed by atoms with Gasteiger partial charge in [-0.1, -0.05) is 232 Å². The van der Waals surface area contributed by atoms with Gasteiger partial charge in [0, 0.05) is 0 Å². The molecule has 0 heterocycles. The van der Waals surface area contributed by atoms with Gasteiger partial charge in [0.25, 0.3) is 0 Å². The van der Waals surface area contributed by atoms with Gasteiger partial charge in [0.15, 0.2) is 0 Å². The molecule has 58 heavy (non-hydrogen) atoms. The maximum Gasteiger partial charge on any atom is 0.0776 e. The van der Waals surface area contributed by atoms with Crippen LogP contribution in [0.1, 0.15) is 44.5 Å². The van der Waals surface area contributed by atoms with Gasteiger partial charge in [0.2, 0.25) is 0 Å². The fourth-order valence-electron chi connectivity index (χ4n) is 10.3. The largest absolute Gasteiger partial charge is 0.0776 e. The summed E-state index contributed by atoms with van der Waals surface area (Å²) in [6.45, 7) is 14.8. The van der Waals surface area contributed by atoms with Crippen molar-refractivity contribution >= 4 is 26.5 Å². The van der Waals surface area contributed by atoms with Crippen LogP contribution in [0.2, 0.25) is 39.3 Å². The minimum Gasteiger partial charge on any atom is -0.0656 e. The molecule has 0 saturated carbocycles. The van der Waals surface area contributed by atoms with Gasteiger partial charge in [-0.3, -0.25) is 0 Å². The van der Waals surface area contributed by atoms with Crippen LogP contribution in [-0.2, 0) is 10.8 Å². The highest BCUT2D eigenvalue weighted by atomic mass is 28.3. The zero-order valence-electron chi connectivity index (χ0n) is 34.5. The first-order valence-electron chi connectivity index (χ1n) is 20.8. The number of benzene rings is 8. The summed E-state index contributed by atoms with van der Waals surface area (Å²) in [6.07, 6.45) is 0. The SMILES string of the molecule is C[Si](C)(C)c1ccc2c(c1)C(c1ccccc1)(c1ccccc1)c1cc(-c3ccc4c(c3)C(c3ccccc3)(c3ccccc3)c3cc([Si](C)(C)C)ccc3-4)ccc1-2. The van der Waals surface area contributed by atoms with Crippen LogP contribution >= 0.6 is 0 Å². The van der Waals surface area contributed by atoms with E-state index in [0.717, 1.165) is 0 Å². The van der Waals surface area contributed by atoms with E-state index in [4.69, 9.17) is 0 Å². The molecule has 0 amide bonds. The van der Waals surface area contributed by atoms with E-state index in [0.29, 0.717) is 0 Å². The number of hydrogen-bond acceptors (Lipinski definition) is 0. The van der Waals surface area contributed by atoms with Gasteiger partial charge >= 0.3 is 0 Å². The molecule has 0 aromatic heterocycles. The lowest BCUT2D eigenvalue weighted by atomic mass is 9.67. The third-order valence-electron chi connectivity index (χ3n) is 13.2. The summed E-state index contributed by atoms with van der Waals surface area (Å²) in [4.78, 5) is 0. The average molecular weight is 779 g/mol. The van der Waals surface area contributed by atoms with Crippen molar-refractivity contribution in [2.45, 2.75) is 50.1 Å². The van der Waals surface area contributed by atoms with Crippen LogP contribution in [0.15, 0.2) is 194 Å². The fourth-order valence-corrected chi connectivity index (χ4v) is 12.6. The Bertz CT molecular complexity index is 2550. The Hall–Kier alpha value is -5.81. The molecule has 0 spiro atoms. The molecule has 0 fully saturated rings. The van der Waals surface area contributed by atoms with Crippen LogP contribution < -0.4 is 10.4 Å². The highest BCUT2D eigenvalue weighted by Gasteiger charge is 2.48. The average Bonchev–Trinajstić information content (AvgIpc) is 3.71. The Morgan fingerprint density at radius 1 is 0.276 bits per heavy atom. The smallest absolute Gasteiger partial charge is 0.0656 e. The molecule has 2 aliphatic carbocycles. The molecular formula is C56H50Si2. The second-order valence-corrected chi connectivity index (χ2v) is 28.7. The molecule has 0 bridgehead atoms. The Kier molecular flexibility index (Phi) is 8.42. The van der Waals surface area contributed by atoms with Gasteiger partial charge in [-0.05, 0) is 90.0 Å². The fraction of sp³-hybridized carbons (Fsp3) is 0.143. The molecule has 0 unspecified atom stereocenters. The summed E-state index contributed by atoms with van der Waals surface area (Å²) in [7, 11) is -3.25. The van der Waals surface area contributed by atoms with E-state index in [1.54, 1.807) is 0 Å². The molecule has 0 nitrogen and oxygen atoms in total. The lowest BCUT2D eigenvalue weighted by Gasteiger charge is -2.35. The Morgan fingerprint density at radius 3 is 0.810 bits per heavy atom. The second-order valence-electron chi connectivity index (χ2n) is 18.5. The molecule has 282 valence electrons. The monoisotopic (exact) mass is 778 g/mol. The van der Waals surface area contributed by atoms with Crippen molar-refractivity contribution in [3.8, 4) is 33.4 Å². The van der Waals surface area contributed by atoms with Gasteiger partial charge in [0.05, 0.1) is 27.0 Å². The van der Waals surface area contributed by atoms with Crippen LogP contribution in [0.25, 0.3) is 33.4 Å². The maximum atomic E-state index is 2.57. The van der Waals surface area contributed by atoms with Gasteiger partial charge in [-0.2, -0.15) is 0 Å². The van der Waals surface area contributed by atoms with Crippen LogP contribution in [0, 0.1) is 0 Å². The van der Waals surface area contributed by atoms with Crippen molar-refractivity contribution in [3.05, 3.63) is 239 Å². The lowest BCUT2D eigenvalue weighted by molar-refractivity contribution is 0.768.